The van der Waals surface area contributed by atoms with E-state index in [0.717, 1.165) is 12.4 Å². The van der Waals surface area contributed by atoms with Gasteiger partial charge in [0.1, 0.15) is 18.5 Å². The first-order valence-electron chi connectivity index (χ1n) is 7.07. The van der Waals surface area contributed by atoms with Gasteiger partial charge in [0.15, 0.2) is 0 Å². The third kappa shape index (κ3) is 3.97. The Kier molecular flexibility index (Phi) is 3.65. The summed E-state index contributed by atoms with van der Waals surface area (Å²) in [4.78, 5) is 0. The van der Waals surface area contributed by atoms with Gasteiger partial charge >= 0.3 is 0 Å². The minimum absolute atomic E-state index is 0.134. The molecule has 0 spiro atoms. The molecule has 0 aliphatic carbocycles. The van der Waals surface area contributed by atoms with E-state index >= 15 is 0 Å². The summed E-state index contributed by atoms with van der Waals surface area (Å²) in [7, 11) is 0. The van der Waals surface area contributed by atoms with Gasteiger partial charge in [-0.3, -0.25) is 0 Å². The number of hydrogen-bond donors (Lipinski definition) is 0. The van der Waals surface area contributed by atoms with E-state index in [2.05, 4.69) is 59.7 Å². The van der Waals surface area contributed by atoms with Crippen LogP contribution >= 0.6 is 0 Å². The third-order valence-corrected chi connectivity index (χ3v) is 3.48. The molecule has 0 saturated carbocycles. The molecule has 2 rings (SSSR count). The third-order valence-electron chi connectivity index (χ3n) is 3.48. The van der Waals surface area contributed by atoms with Crippen molar-refractivity contribution in [3.8, 4) is 5.75 Å². The maximum Gasteiger partial charge on any atom is 0.120 e. The second-order valence-corrected chi connectivity index (χ2v) is 7.51. The minimum Gasteiger partial charge on any atom is -0.491 e. The first kappa shape index (κ1) is 14.4. The Labute approximate surface area is 117 Å². The molecule has 106 valence electrons. The highest BCUT2D eigenvalue weighted by Gasteiger charge is 2.24. The van der Waals surface area contributed by atoms with E-state index in [1.54, 1.807) is 0 Å². The van der Waals surface area contributed by atoms with Crippen molar-refractivity contribution < 1.29 is 9.47 Å². The van der Waals surface area contributed by atoms with Crippen LogP contribution in [0.2, 0.25) is 0 Å². The minimum atomic E-state index is 0.134. The van der Waals surface area contributed by atoms with Crippen LogP contribution in [-0.4, -0.2) is 19.3 Å². The Morgan fingerprint density at radius 2 is 1.47 bits per heavy atom. The zero-order valence-electron chi connectivity index (χ0n) is 13.0. The number of ether oxygens (including phenoxy) is 2. The Balaban J connectivity index is 2.30. The molecule has 0 amide bonds. The quantitative estimate of drug-likeness (QED) is 0.766. The Bertz CT molecular complexity index is 413. The average Bonchev–Trinajstić information content (AvgIpc) is 3.07. The van der Waals surface area contributed by atoms with Crippen molar-refractivity contribution in [2.45, 2.75) is 58.5 Å². The second kappa shape index (κ2) is 4.82. The van der Waals surface area contributed by atoms with Gasteiger partial charge in [0.2, 0.25) is 0 Å². The zero-order chi connectivity index (χ0) is 14.3. The highest BCUT2D eigenvalue weighted by Crippen LogP contribution is 2.33. The van der Waals surface area contributed by atoms with Crippen molar-refractivity contribution in [1.29, 1.82) is 0 Å². The maximum atomic E-state index is 5.88. The number of benzene rings is 1. The van der Waals surface area contributed by atoms with E-state index < -0.39 is 0 Å². The fraction of sp³-hybridized carbons (Fsp3) is 0.647. The number of hydrogen-bond acceptors (Lipinski definition) is 2. The Morgan fingerprint density at radius 3 is 1.84 bits per heavy atom. The van der Waals surface area contributed by atoms with Gasteiger partial charge in [0.25, 0.3) is 0 Å². The van der Waals surface area contributed by atoms with Gasteiger partial charge in [0.05, 0.1) is 6.61 Å². The van der Waals surface area contributed by atoms with Crippen molar-refractivity contribution in [2.24, 2.45) is 0 Å². The predicted octanol–water partition coefficient (Wildman–Crippen LogP) is 4.06. The summed E-state index contributed by atoms with van der Waals surface area (Å²) in [6.45, 7) is 14.9. The first-order chi connectivity index (χ1) is 8.66. The highest BCUT2D eigenvalue weighted by molar-refractivity contribution is 5.40. The zero-order valence-corrected chi connectivity index (χ0v) is 13.0. The molecule has 0 N–H and O–H groups in total. The monoisotopic (exact) mass is 262 g/mol. The molecular weight excluding hydrogens is 236 g/mol. The molecule has 0 bridgehead atoms. The lowest BCUT2D eigenvalue weighted by atomic mass is 9.80. The molecule has 1 fully saturated rings. The van der Waals surface area contributed by atoms with E-state index in [1.165, 1.54) is 11.1 Å². The topological polar surface area (TPSA) is 21.8 Å². The summed E-state index contributed by atoms with van der Waals surface area (Å²) in [5, 5.41) is 0. The standard InChI is InChI=1S/C17H26O2/c1-16(2,3)12-7-13(17(4,5)6)9-14(8-12)18-10-15-11-19-15/h7-9,15H,10-11H2,1-6H3. The van der Waals surface area contributed by atoms with Crippen LogP contribution in [0.25, 0.3) is 0 Å². The number of rotatable bonds is 3. The van der Waals surface area contributed by atoms with E-state index in [4.69, 9.17) is 9.47 Å². The van der Waals surface area contributed by atoms with Crippen molar-refractivity contribution in [3.05, 3.63) is 29.3 Å². The van der Waals surface area contributed by atoms with Crippen LogP contribution in [0.3, 0.4) is 0 Å². The molecule has 19 heavy (non-hydrogen) atoms. The summed E-state index contributed by atoms with van der Waals surface area (Å²) in [5.41, 5.74) is 2.92. The van der Waals surface area contributed by atoms with Gasteiger partial charge < -0.3 is 9.47 Å². The lowest BCUT2D eigenvalue weighted by Crippen LogP contribution is -2.17. The average molecular weight is 262 g/mol. The smallest absolute Gasteiger partial charge is 0.120 e. The molecule has 2 heteroatoms. The first-order valence-corrected chi connectivity index (χ1v) is 7.07. The van der Waals surface area contributed by atoms with Crippen LogP contribution in [0.5, 0.6) is 5.75 Å². The van der Waals surface area contributed by atoms with Gasteiger partial charge in [-0.15, -0.1) is 0 Å². The Morgan fingerprint density at radius 1 is 1.00 bits per heavy atom. The van der Waals surface area contributed by atoms with E-state index in [1.807, 2.05) is 0 Å². The van der Waals surface area contributed by atoms with Gasteiger partial charge in [-0.05, 0) is 34.1 Å². The van der Waals surface area contributed by atoms with Gasteiger partial charge in [-0.1, -0.05) is 47.6 Å². The summed E-state index contributed by atoms with van der Waals surface area (Å²) in [6, 6.07) is 6.63. The van der Waals surface area contributed by atoms with Crippen LogP contribution in [0.1, 0.15) is 52.7 Å². The summed E-state index contributed by atoms with van der Waals surface area (Å²) >= 11 is 0. The lowest BCUT2D eigenvalue weighted by Gasteiger charge is -2.26. The van der Waals surface area contributed by atoms with Gasteiger partial charge in [0, 0.05) is 0 Å². The summed E-state index contributed by atoms with van der Waals surface area (Å²) in [6.07, 6.45) is 0.302. The van der Waals surface area contributed by atoms with Crippen LogP contribution in [0, 0.1) is 0 Å². The van der Waals surface area contributed by atoms with Crippen molar-refractivity contribution >= 4 is 0 Å². The van der Waals surface area contributed by atoms with Crippen molar-refractivity contribution in [3.63, 3.8) is 0 Å². The van der Waals surface area contributed by atoms with Crippen LogP contribution in [0.4, 0.5) is 0 Å². The fourth-order valence-corrected chi connectivity index (χ4v) is 1.90. The fourth-order valence-electron chi connectivity index (χ4n) is 1.90. The van der Waals surface area contributed by atoms with E-state index in [9.17, 15) is 0 Å². The SMILES string of the molecule is CC(C)(C)c1cc(OCC2CO2)cc(C(C)(C)C)c1. The van der Waals surface area contributed by atoms with Crippen molar-refractivity contribution in [1.82, 2.24) is 0 Å². The van der Waals surface area contributed by atoms with Crippen LogP contribution in [-0.2, 0) is 15.6 Å². The van der Waals surface area contributed by atoms with Crippen molar-refractivity contribution in [2.75, 3.05) is 13.2 Å². The van der Waals surface area contributed by atoms with Crippen LogP contribution < -0.4 is 4.74 Å². The molecule has 0 aromatic heterocycles. The molecule has 1 aromatic rings. The Hall–Kier alpha value is -1.02. The largest absolute Gasteiger partial charge is 0.491 e. The molecule has 1 atom stereocenters. The molecule has 1 aliphatic heterocycles. The van der Waals surface area contributed by atoms with E-state index in [-0.39, 0.29) is 10.8 Å². The lowest BCUT2D eigenvalue weighted by molar-refractivity contribution is 0.262. The predicted molar refractivity (Wildman–Crippen MR) is 79.1 cm³/mol. The molecule has 2 nitrogen and oxygen atoms in total. The summed E-state index contributed by atoms with van der Waals surface area (Å²) in [5.74, 6) is 0.966. The highest BCUT2D eigenvalue weighted by atomic mass is 16.6. The normalized spacial score (nSPS) is 19.4. The second-order valence-electron chi connectivity index (χ2n) is 7.51. The maximum absolute atomic E-state index is 5.88. The molecule has 1 saturated heterocycles. The molecule has 1 aromatic carbocycles. The molecule has 0 radical (unpaired) electrons. The number of epoxide rings is 1. The molecule has 1 unspecified atom stereocenters. The molecule has 1 heterocycles. The molecular formula is C17H26O2. The summed E-state index contributed by atoms with van der Waals surface area (Å²) < 4.78 is 11.1. The van der Waals surface area contributed by atoms with Gasteiger partial charge in [-0.25, -0.2) is 0 Å². The van der Waals surface area contributed by atoms with Crippen LogP contribution in [0.15, 0.2) is 18.2 Å². The molecule has 1 aliphatic rings. The van der Waals surface area contributed by atoms with E-state index in [0.29, 0.717) is 12.7 Å². The van der Waals surface area contributed by atoms with Gasteiger partial charge in [-0.2, -0.15) is 0 Å².